The summed E-state index contributed by atoms with van der Waals surface area (Å²) in [5.41, 5.74) is 0.999. The number of benzene rings is 2. The highest BCUT2D eigenvalue weighted by molar-refractivity contribution is 6.30. The van der Waals surface area contributed by atoms with E-state index < -0.39 is 4.92 Å². The smallest absolute Gasteiger partial charge is 0.292 e. The van der Waals surface area contributed by atoms with Crippen LogP contribution in [0.3, 0.4) is 0 Å². The van der Waals surface area contributed by atoms with E-state index in [4.69, 9.17) is 11.6 Å². The van der Waals surface area contributed by atoms with Crippen molar-refractivity contribution >= 4 is 28.9 Å². The van der Waals surface area contributed by atoms with Crippen LogP contribution in [0.15, 0.2) is 48.5 Å². The lowest BCUT2D eigenvalue weighted by Gasteiger charge is -2.14. The summed E-state index contributed by atoms with van der Waals surface area (Å²) >= 11 is 5.94. The molecule has 2 aromatic carbocycles. The van der Waals surface area contributed by atoms with Crippen molar-refractivity contribution in [2.45, 2.75) is 13.0 Å². The van der Waals surface area contributed by atoms with Crippen molar-refractivity contribution in [1.82, 2.24) is 5.32 Å². The minimum absolute atomic E-state index is 0.0275. The second-order valence-corrected chi connectivity index (χ2v) is 5.42. The Kier molecular flexibility index (Phi) is 5.67. The van der Waals surface area contributed by atoms with Gasteiger partial charge in [-0.25, -0.2) is 0 Å². The minimum Gasteiger partial charge on any atom is -0.319 e. The monoisotopic (exact) mass is 333 g/mol. The molecule has 0 unspecified atom stereocenters. The molecule has 0 bridgehead atoms. The zero-order chi connectivity index (χ0) is 16.8. The summed E-state index contributed by atoms with van der Waals surface area (Å²) in [6.07, 6.45) is 0. The van der Waals surface area contributed by atoms with Crippen LogP contribution in [0.5, 0.6) is 0 Å². The van der Waals surface area contributed by atoms with E-state index in [0.717, 1.165) is 5.56 Å². The highest BCUT2D eigenvalue weighted by Gasteiger charge is 2.15. The lowest BCUT2D eigenvalue weighted by Crippen LogP contribution is -2.30. The Morgan fingerprint density at radius 1 is 1.26 bits per heavy atom. The lowest BCUT2D eigenvalue weighted by molar-refractivity contribution is -0.383. The predicted molar refractivity (Wildman–Crippen MR) is 89.6 cm³/mol. The number of hydrogen-bond donors (Lipinski definition) is 2. The first-order valence-electron chi connectivity index (χ1n) is 6.99. The minimum atomic E-state index is -0.530. The molecular weight excluding hydrogens is 318 g/mol. The summed E-state index contributed by atoms with van der Waals surface area (Å²) in [6.45, 7) is 1.93. The molecule has 0 aliphatic carbocycles. The van der Waals surface area contributed by atoms with E-state index in [9.17, 15) is 14.9 Å². The molecule has 0 spiro atoms. The van der Waals surface area contributed by atoms with Crippen molar-refractivity contribution in [2.24, 2.45) is 0 Å². The van der Waals surface area contributed by atoms with Crippen LogP contribution in [-0.4, -0.2) is 17.4 Å². The molecule has 0 radical (unpaired) electrons. The van der Waals surface area contributed by atoms with Gasteiger partial charge in [0.05, 0.1) is 11.5 Å². The summed E-state index contributed by atoms with van der Waals surface area (Å²) in [4.78, 5) is 22.3. The molecule has 2 aromatic rings. The molecule has 23 heavy (non-hydrogen) atoms. The molecule has 0 aliphatic rings. The first-order chi connectivity index (χ1) is 11.0. The number of para-hydroxylation sites is 2. The van der Waals surface area contributed by atoms with Gasteiger partial charge in [0.2, 0.25) is 5.91 Å². The fourth-order valence-electron chi connectivity index (χ4n) is 2.07. The Bertz CT molecular complexity index is 721. The molecule has 6 nitrogen and oxygen atoms in total. The SMILES string of the molecule is C[C@H](NCC(=O)Nc1ccccc1[N+](=O)[O-])c1cccc(Cl)c1. The number of nitrogens with zero attached hydrogens (tertiary/aromatic N) is 1. The van der Waals surface area contributed by atoms with Crippen LogP contribution in [0.2, 0.25) is 5.02 Å². The normalized spacial score (nSPS) is 11.7. The number of carbonyl (C=O) groups is 1. The van der Waals surface area contributed by atoms with Gasteiger partial charge in [0.25, 0.3) is 5.69 Å². The maximum atomic E-state index is 12.0. The number of amides is 1. The summed E-state index contributed by atoms with van der Waals surface area (Å²) in [7, 11) is 0. The second-order valence-electron chi connectivity index (χ2n) is 4.98. The average Bonchev–Trinajstić information content (AvgIpc) is 2.53. The van der Waals surface area contributed by atoms with E-state index >= 15 is 0 Å². The van der Waals surface area contributed by atoms with E-state index in [1.54, 1.807) is 18.2 Å². The Hall–Kier alpha value is -2.44. The third-order valence-electron chi connectivity index (χ3n) is 3.29. The third-order valence-corrected chi connectivity index (χ3v) is 3.53. The molecule has 1 amide bonds. The van der Waals surface area contributed by atoms with Crippen LogP contribution < -0.4 is 10.6 Å². The number of rotatable bonds is 6. The van der Waals surface area contributed by atoms with Crippen LogP contribution in [-0.2, 0) is 4.79 Å². The molecule has 2 N–H and O–H groups in total. The fourth-order valence-corrected chi connectivity index (χ4v) is 2.27. The molecule has 1 atom stereocenters. The van der Waals surface area contributed by atoms with Crippen molar-refractivity contribution < 1.29 is 9.72 Å². The molecule has 0 aromatic heterocycles. The lowest BCUT2D eigenvalue weighted by atomic mass is 10.1. The Labute approximate surface area is 138 Å². The zero-order valence-corrected chi connectivity index (χ0v) is 13.2. The topological polar surface area (TPSA) is 84.3 Å². The molecule has 0 aliphatic heterocycles. The van der Waals surface area contributed by atoms with Crippen molar-refractivity contribution in [3.05, 3.63) is 69.2 Å². The van der Waals surface area contributed by atoms with E-state index in [0.29, 0.717) is 5.02 Å². The van der Waals surface area contributed by atoms with E-state index in [-0.39, 0.29) is 29.9 Å². The summed E-state index contributed by atoms with van der Waals surface area (Å²) < 4.78 is 0. The van der Waals surface area contributed by atoms with Crippen LogP contribution in [0.25, 0.3) is 0 Å². The van der Waals surface area contributed by atoms with Gasteiger partial charge in [-0.2, -0.15) is 0 Å². The molecule has 7 heteroatoms. The number of hydrogen-bond acceptors (Lipinski definition) is 4. The summed E-state index contributed by atoms with van der Waals surface area (Å²) in [5.74, 6) is -0.354. The van der Waals surface area contributed by atoms with Crippen molar-refractivity contribution in [3.8, 4) is 0 Å². The Balaban J connectivity index is 1.94. The maximum absolute atomic E-state index is 12.0. The van der Waals surface area contributed by atoms with Gasteiger partial charge in [-0.3, -0.25) is 14.9 Å². The van der Waals surface area contributed by atoms with Gasteiger partial charge in [-0.05, 0) is 30.7 Å². The predicted octanol–water partition coefficient (Wildman–Crippen LogP) is 3.54. The molecule has 0 saturated carbocycles. The average molecular weight is 334 g/mol. The number of halogens is 1. The van der Waals surface area contributed by atoms with Gasteiger partial charge >= 0.3 is 0 Å². The molecule has 0 heterocycles. The quantitative estimate of drug-likeness (QED) is 0.625. The van der Waals surface area contributed by atoms with Gasteiger partial charge in [-0.1, -0.05) is 35.9 Å². The van der Waals surface area contributed by atoms with Gasteiger partial charge < -0.3 is 10.6 Å². The number of anilines is 1. The van der Waals surface area contributed by atoms with Crippen molar-refractivity contribution in [2.75, 3.05) is 11.9 Å². The number of carbonyl (C=O) groups excluding carboxylic acids is 1. The largest absolute Gasteiger partial charge is 0.319 e. The van der Waals surface area contributed by atoms with Gasteiger partial charge in [0.15, 0.2) is 0 Å². The molecule has 0 saturated heterocycles. The first-order valence-corrected chi connectivity index (χ1v) is 7.37. The molecule has 0 fully saturated rings. The molecule has 2 rings (SSSR count). The van der Waals surface area contributed by atoms with Gasteiger partial charge in [-0.15, -0.1) is 0 Å². The maximum Gasteiger partial charge on any atom is 0.292 e. The van der Waals surface area contributed by atoms with Gasteiger partial charge in [0.1, 0.15) is 5.69 Å². The summed E-state index contributed by atoms with van der Waals surface area (Å²) in [5, 5.41) is 17.1. The standard InChI is InChI=1S/C16H16ClN3O3/c1-11(12-5-4-6-13(17)9-12)18-10-16(21)19-14-7-2-3-8-15(14)20(22)23/h2-9,11,18H,10H2,1H3,(H,19,21)/t11-/m0/s1. The first kappa shape index (κ1) is 16.9. The number of nitrogens with one attached hydrogen (secondary N) is 2. The van der Waals surface area contributed by atoms with Crippen molar-refractivity contribution in [1.29, 1.82) is 0 Å². The molecule has 120 valence electrons. The Morgan fingerprint density at radius 3 is 2.70 bits per heavy atom. The zero-order valence-electron chi connectivity index (χ0n) is 12.5. The van der Waals surface area contributed by atoms with E-state index in [1.165, 1.54) is 12.1 Å². The number of nitro benzene ring substituents is 1. The van der Waals surface area contributed by atoms with Crippen LogP contribution >= 0.6 is 11.6 Å². The van der Waals surface area contributed by atoms with Crippen LogP contribution in [0.4, 0.5) is 11.4 Å². The highest BCUT2D eigenvalue weighted by Crippen LogP contribution is 2.23. The highest BCUT2D eigenvalue weighted by atomic mass is 35.5. The number of nitro groups is 1. The fraction of sp³-hybridized carbons (Fsp3) is 0.188. The van der Waals surface area contributed by atoms with Crippen LogP contribution in [0.1, 0.15) is 18.5 Å². The van der Waals surface area contributed by atoms with E-state index in [2.05, 4.69) is 10.6 Å². The van der Waals surface area contributed by atoms with Crippen LogP contribution in [0, 0.1) is 10.1 Å². The second kappa shape index (κ2) is 7.71. The van der Waals surface area contributed by atoms with Crippen molar-refractivity contribution in [3.63, 3.8) is 0 Å². The Morgan fingerprint density at radius 2 is 2.00 bits per heavy atom. The molecular formula is C16H16ClN3O3. The van der Waals surface area contributed by atoms with E-state index in [1.807, 2.05) is 25.1 Å². The third kappa shape index (κ3) is 4.77. The summed E-state index contributed by atoms with van der Waals surface area (Å²) in [6, 6.07) is 13.3. The van der Waals surface area contributed by atoms with Gasteiger partial charge in [0, 0.05) is 17.1 Å².